The lowest BCUT2D eigenvalue weighted by Gasteiger charge is -2.08. The number of nitrogens with zero attached hydrogens (tertiary/aromatic N) is 3. The predicted molar refractivity (Wildman–Crippen MR) is 90.4 cm³/mol. The fourth-order valence-corrected chi connectivity index (χ4v) is 2.93. The van der Waals surface area contributed by atoms with E-state index in [1.807, 2.05) is 30.3 Å². The van der Waals surface area contributed by atoms with Crippen molar-refractivity contribution in [3.63, 3.8) is 0 Å². The molecule has 1 aromatic heterocycles. The Morgan fingerprint density at radius 2 is 2.04 bits per heavy atom. The molecule has 1 aliphatic rings. The van der Waals surface area contributed by atoms with Gasteiger partial charge in [-0.15, -0.1) is 10.2 Å². The van der Waals surface area contributed by atoms with E-state index in [4.69, 9.17) is 4.74 Å². The average Bonchev–Trinajstić information content (AvgIpc) is 2.83. The van der Waals surface area contributed by atoms with Crippen molar-refractivity contribution < 1.29 is 9.53 Å². The van der Waals surface area contributed by atoms with E-state index in [-0.39, 0.29) is 12.5 Å². The zero-order valence-corrected chi connectivity index (χ0v) is 13.9. The van der Waals surface area contributed by atoms with Gasteiger partial charge in [0.1, 0.15) is 18.3 Å². The number of aromatic nitrogens is 3. The third kappa shape index (κ3) is 4.64. The predicted octanol–water partition coefficient (Wildman–Crippen LogP) is 1.88. The summed E-state index contributed by atoms with van der Waals surface area (Å²) in [5.41, 5.74) is 1.07. The van der Waals surface area contributed by atoms with Crippen LogP contribution in [-0.2, 0) is 35.5 Å². The summed E-state index contributed by atoms with van der Waals surface area (Å²) in [5.74, 6) is 1.96. The number of hydrogen-bond acceptors (Lipinski definition) is 4. The van der Waals surface area contributed by atoms with Crippen molar-refractivity contribution in [3.05, 3.63) is 47.5 Å². The van der Waals surface area contributed by atoms with Gasteiger partial charge in [-0.2, -0.15) is 0 Å². The van der Waals surface area contributed by atoms with Crippen molar-refractivity contribution in [1.82, 2.24) is 20.1 Å². The van der Waals surface area contributed by atoms with E-state index < -0.39 is 0 Å². The Morgan fingerprint density at radius 3 is 2.92 bits per heavy atom. The lowest BCUT2D eigenvalue weighted by molar-refractivity contribution is -0.126. The van der Waals surface area contributed by atoms with E-state index >= 15 is 0 Å². The van der Waals surface area contributed by atoms with E-state index in [0.29, 0.717) is 19.6 Å². The molecule has 24 heavy (non-hydrogen) atoms. The second-order valence-electron chi connectivity index (χ2n) is 6.07. The van der Waals surface area contributed by atoms with Crippen LogP contribution in [0.15, 0.2) is 30.3 Å². The molecule has 0 unspecified atom stereocenters. The van der Waals surface area contributed by atoms with Crippen LogP contribution in [0.4, 0.5) is 0 Å². The molecule has 0 radical (unpaired) electrons. The SMILES string of the molecule is O=C(COCc1ccccc1)NCCc1nnc2n1CCCCC2. The summed E-state index contributed by atoms with van der Waals surface area (Å²) in [6, 6.07) is 9.84. The summed E-state index contributed by atoms with van der Waals surface area (Å²) in [6.07, 6.45) is 5.33. The molecule has 1 aromatic carbocycles. The minimum Gasteiger partial charge on any atom is -0.367 e. The maximum absolute atomic E-state index is 11.8. The highest BCUT2D eigenvalue weighted by molar-refractivity contribution is 5.77. The molecule has 3 rings (SSSR count). The van der Waals surface area contributed by atoms with E-state index in [9.17, 15) is 4.79 Å². The molecular formula is C18H24N4O2. The number of ether oxygens (including phenoxy) is 1. The first-order chi connectivity index (χ1) is 11.8. The van der Waals surface area contributed by atoms with Crippen molar-refractivity contribution >= 4 is 5.91 Å². The van der Waals surface area contributed by atoms with Crippen molar-refractivity contribution in [2.24, 2.45) is 0 Å². The smallest absolute Gasteiger partial charge is 0.246 e. The minimum absolute atomic E-state index is 0.0762. The van der Waals surface area contributed by atoms with Crippen LogP contribution in [0.1, 0.15) is 36.5 Å². The summed E-state index contributed by atoms with van der Waals surface area (Å²) in [5, 5.41) is 11.4. The fraction of sp³-hybridized carbons (Fsp3) is 0.500. The Bertz CT molecular complexity index is 654. The fourth-order valence-electron chi connectivity index (χ4n) is 2.93. The lowest BCUT2D eigenvalue weighted by Crippen LogP contribution is -2.30. The number of fused-ring (bicyclic) bond motifs is 1. The number of carbonyl (C=O) groups is 1. The molecule has 0 spiro atoms. The minimum atomic E-state index is -0.0958. The number of carbonyl (C=O) groups excluding carboxylic acids is 1. The maximum atomic E-state index is 11.8. The van der Waals surface area contributed by atoms with Gasteiger partial charge in [-0.05, 0) is 18.4 Å². The molecule has 6 heteroatoms. The van der Waals surface area contributed by atoms with Crippen LogP contribution < -0.4 is 5.32 Å². The lowest BCUT2D eigenvalue weighted by atomic mass is 10.2. The highest BCUT2D eigenvalue weighted by atomic mass is 16.5. The highest BCUT2D eigenvalue weighted by Crippen LogP contribution is 2.14. The molecule has 2 aromatic rings. The number of aryl methyl sites for hydroxylation is 1. The quantitative estimate of drug-likeness (QED) is 0.842. The molecule has 1 N–H and O–H groups in total. The van der Waals surface area contributed by atoms with Crippen molar-refractivity contribution in [3.8, 4) is 0 Å². The molecule has 0 saturated heterocycles. The van der Waals surface area contributed by atoms with Crippen LogP contribution in [0.25, 0.3) is 0 Å². The third-order valence-corrected chi connectivity index (χ3v) is 4.20. The standard InChI is InChI=1S/C18H24N4O2/c23-18(14-24-13-15-7-3-1-4-8-15)19-11-10-17-21-20-16-9-5-2-6-12-22(16)17/h1,3-4,7-8H,2,5-6,9-14H2,(H,19,23). The van der Waals surface area contributed by atoms with Gasteiger partial charge < -0.3 is 14.6 Å². The zero-order chi connectivity index (χ0) is 16.6. The van der Waals surface area contributed by atoms with E-state index in [1.54, 1.807) is 0 Å². The third-order valence-electron chi connectivity index (χ3n) is 4.20. The van der Waals surface area contributed by atoms with E-state index in [1.165, 1.54) is 19.3 Å². The Morgan fingerprint density at radius 1 is 1.17 bits per heavy atom. The summed E-state index contributed by atoms with van der Waals surface area (Å²) >= 11 is 0. The maximum Gasteiger partial charge on any atom is 0.246 e. The molecule has 0 atom stereocenters. The van der Waals surface area contributed by atoms with Gasteiger partial charge in [0, 0.05) is 25.9 Å². The summed E-state index contributed by atoms with van der Waals surface area (Å²) in [4.78, 5) is 11.8. The van der Waals surface area contributed by atoms with Crippen molar-refractivity contribution in [1.29, 1.82) is 0 Å². The largest absolute Gasteiger partial charge is 0.367 e. The van der Waals surface area contributed by atoms with Gasteiger partial charge in [-0.25, -0.2) is 0 Å². The summed E-state index contributed by atoms with van der Waals surface area (Å²) in [6.45, 7) is 2.08. The molecule has 0 aliphatic carbocycles. The molecule has 0 bridgehead atoms. The Labute approximate surface area is 142 Å². The van der Waals surface area contributed by atoms with Gasteiger partial charge >= 0.3 is 0 Å². The van der Waals surface area contributed by atoms with Crippen molar-refractivity contribution in [2.45, 2.75) is 45.3 Å². The van der Waals surface area contributed by atoms with E-state index in [0.717, 1.165) is 30.2 Å². The first-order valence-corrected chi connectivity index (χ1v) is 8.62. The van der Waals surface area contributed by atoms with Crippen LogP contribution >= 0.6 is 0 Å². The summed E-state index contributed by atoms with van der Waals surface area (Å²) < 4.78 is 7.64. The Balaban J connectivity index is 1.37. The van der Waals surface area contributed by atoms with Crippen molar-refractivity contribution in [2.75, 3.05) is 13.2 Å². The van der Waals surface area contributed by atoms with Gasteiger partial charge in [-0.1, -0.05) is 36.8 Å². The van der Waals surface area contributed by atoms with Crippen LogP contribution in [0.2, 0.25) is 0 Å². The molecule has 1 aliphatic heterocycles. The zero-order valence-electron chi connectivity index (χ0n) is 13.9. The van der Waals surface area contributed by atoms with Crippen LogP contribution in [-0.4, -0.2) is 33.8 Å². The van der Waals surface area contributed by atoms with Gasteiger partial charge in [0.25, 0.3) is 0 Å². The second-order valence-corrected chi connectivity index (χ2v) is 6.07. The number of rotatable bonds is 7. The highest BCUT2D eigenvalue weighted by Gasteiger charge is 2.14. The number of benzene rings is 1. The van der Waals surface area contributed by atoms with Gasteiger partial charge in [0.15, 0.2) is 0 Å². The molecule has 128 valence electrons. The van der Waals surface area contributed by atoms with E-state index in [2.05, 4.69) is 20.1 Å². The number of amides is 1. The topological polar surface area (TPSA) is 69.0 Å². The number of hydrogen-bond donors (Lipinski definition) is 1. The molecule has 6 nitrogen and oxygen atoms in total. The van der Waals surface area contributed by atoms with Crippen LogP contribution in [0.3, 0.4) is 0 Å². The van der Waals surface area contributed by atoms with Gasteiger partial charge in [0.2, 0.25) is 5.91 Å². The van der Waals surface area contributed by atoms with Gasteiger partial charge in [-0.3, -0.25) is 4.79 Å². The second kappa shape index (κ2) is 8.59. The average molecular weight is 328 g/mol. The first-order valence-electron chi connectivity index (χ1n) is 8.62. The first kappa shape index (κ1) is 16.6. The normalized spacial score (nSPS) is 14.0. The molecule has 0 fully saturated rings. The summed E-state index contributed by atoms with van der Waals surface area (Å²) in [7, 11) is 0. The molecule has 2 heterocycles. The Hall–Kier alpha value is -2.21. The molecular weight excluding hydrogens is 304 g/mol. The number of nitrogens with one attached hydrogen (secondary N) is 1. The Kier molecular flexibility index (Phi) is 5.96. The molecule has 1 amide bonds. The van der Waals surface area contributed by atoms with Gasteiger partial charge in [0.05, 0.1) is 6.61 Å². The van der Waals surface area contributed by atoms with Crippen LogP contribution in [0.5, 0.6) is 0 Å². The van der Waals surface area contributed by atoms with Crippen LogP contribution in [0, 0.1) is 0 Å². The molecule has 0 saturated carbocycles. The monoisotopic (exact) mass is 328 g/mol.